The number of nitrogens with one attached hydrogen (secondary N) is 1. The lowest BCUT2D eigenvalue weighted by Gasteiger charge is -2.25. The molecule has 1 nitrogen and oxygen atoms in total. The minimum atomic E-state index is 0.334. The van der Waals surface area contributed by atoms with Crippen LogP contribution in [0.25, 0.3) is 0 Å². The summed E-state index contributed by atoms with van der Waals surface area (Å²) in [6.45, 7) is 8.65. The van der Waals surface area contributed by atoms with Crippen LogP contribution >= 0.6 is 23.2 Å². The van der Waals surface area contributed by atoms with E-state index >= 15 is 0 Å². The van der Waals surface area contributed by atoms with Crippen LogP contribution in [-0.4, -0.2) is 6.54 Å². The summed E-state index contributed by atoms with van der Waals surface area (Å²) in [5.41, 5.74) is 1.40. The van der Waals surface area contributed by atoms with Crippen molar-refractivity contribution in [3.63, 3.8) is 0 Å². The highest BCUT2D eigenvalue weighted by Gasteiger charge is 2.16. The molecule has 1 aromatic carbocycles. The highest BCUT2D eigenvalue weighted by Crippen LogP contribution is 2.26. The molecule has 0 aliphatic carbocycles. The van der Waals surface area contributed by atoms with Gasteiger partial charge in [0.1, 0.15) is 0 Å². The normalized spacial score (nSPS) is 11.8. The number of hydrogen-bond donors (Lipinski definition) is 1. The van der Waals surface area contributed by atoms with E-state index in [1.54, 1.807) is 0 Å². The minimum absolute atomic E-state index is 0.334. The lowest BCUT2D eigenvalue weighted by molar-refractivity contribution is 0.302. The molecule has 0 amide bonds. The van der Waals surface area contributed by atoms with Gasteiger partial charge in [-0.1, -0.05) is 75.4 Å². The van der Waals surface area contributed by atoms with E-state index in [4.69, 9.17) is 23.2 Å². The average molecular weight is 302 g/mol. The van der Waals surface area contributed by atoms with E-state index in [2.05, 4.69) is 26.1 Å². The Labute approximate surface area is 127 Å². The molecule has 0 bridgehead atoms. The Morgan fingerprint density at radius 3 is 2.58 bits per heavy atom. The molecule has 0 aromatic heterocycles. The van der Waals surface area contributed by atoms with Crippen LogP contribution in [0.1, 0.15) is 52.0 Å². The van der Waals surface area contributed by atoms with Gasteiger partial charge >= 0.3 is 0 Å². The topological polar surface area (TPSA) is 12.0 Å². The summed E-state index contributed by atoms with van der Waals surface area (Å²) in [7, 11) is 0. The molecule has 0 spiro atoms. The van der Waals surface area contributed by atoms with E-state index in [0.29, 0.717) is 15.5 Å². The molecule has 1 rings (SSSR count). The smallest absolute Gasteiger partial charge is 0.0637 e. The fraction of sp³-hybridized carbons (Fsp3) is 0.625. The Kier molecular flexibility index (Phi) is 7.20. The number of halogens is 2. The van der Waals surface area contributed by atoms with Crippen molar-refractivity contribution in [1.82, 2.24) is 5.32 Å². The number of rotatable bonds is 8. The summed E-state index contributed by atoms with van der Waals surface area (Å²) in [4.78, 5) is 0. The van der Waals surface area contributed by atoms with Gasteiger partial charge in [-0.25, -0.2) is 0 Å². The first kappa shape index (κ1) is 16.8. The van der Waals surface area contributed by atoms with Crippen LogP contribution in [-0.2, 0) is 6.54 Å². The molecule has 0 unspecified atom stereocenters. The zero-order valence-electron chi connectivity index (χ0n) is 12.2. The van der Waals surface area contributed by atoms with Gasteiger partial charge in [-0.3, -0.25) is 0 Å². The monoisotopic (exact) mass is 301 g/mol. The molecule has 0 atom stereocenters. The molecule has 0 saturated carbocycles. The van der Waals surface area contributed by atoms with Crippen molar-refractivity contribution in [2.75, 3.05) is 6.54 Å². The van der Waals surface area contributed by atoms with Crippen LogP contribution in [0.5, 0.6) is 0 Å². The summed E-state index contributed by atoms with van der Waals surface area (Å²) in [5, 5.41) is 4.79. The fourth-order valence-corrected chi connectivity index (χ4v) is 2.55. The van der Waals surface area contributed by atoms with E-state index in [1.807, 2.05) is 18.2 Å². The van der Waals surface area contributed by atoms with Gasteiger partial charge in [0, 0.05) is 13.1 Å². The van der Waals surface area contributed by atoms with Crippen LogP contribution in [0.2, 0.25) is 10.0 Å². The number of benzene rings is 1. The molecule has 0 radical (unpaired) electrons. The highest BCUT2D eigenvalue weighted by molar-refractivity contribution is 6.42. The zero-order chi connectivity index (χ0) is 14.3. The van der Waals surface area contributed by atoms with Crippen molar-refractivity contribution < 1.29 is 0 Å². The van der Waals surface area contributed by atoms with Crippen molar-refractivity contribution >= 4 is 23.2 Å². The molecule has 1 N–H and O–H groups in total. The van der Waals surface area contributed by atoms with Gasteiger partial charge in [-0.15, -0.1) is 0 Å². The second kappa shape index (κ2) is 8.14. The third-order valence-corrected chi connectivity index (χ3v) is 4.27. The molecule has 0 saturated heterocycles. The second-order valence-corrected chi connectivity index (χ2v) is 6.72. The summed E-state index contributed by atoms with van der Waals surface area (Å²) in [6, 6.07) is 5.78. The van der Waals surface area contributed by atoms with Gasteiger partial charge in [-0.05, 0) is 23.5 Å². The maximum absolute atomic E-state index is 6.17. The van der Waals surface area contributed by atoms with Crippen LogP contribution in [0.3, 0.4) is 0 Å². The quantitative estimate of drug-likeness (QED) is 0.608. The van der Waals surface area contributed by atoms with Crippen LogP contribution in [0.15, 0.2) is 18.2 Å². The summed E-state index contributed by atoms with van der Waals surface area (Å²) in [5.74, 6) is 0. The molecular formula is C16H25Cl2N. The van der Waals surface area contributed by atoms with Crippen molar-refractivity contribution in [3.8, 4) is 0 Å². The fourth-order valence-electron chi connectivity index (χ4n) is 2.16. The van der Waals surface area contributed by atoms with Crippen molar-refractivity contribution in [1.29, 1.82) is 0 Å². The second-order valence-electron chi connectivity index (χ2n) is 5.94. The largest absolute Gasteiger partial charge is 0.312 e. The molecule has 0 fully saturated rings. The molecule has 0 heterocycles. The van der Waals surface area contributed by atoms with E-state index in [0.717, 1.165) is 18.7 Å². The summed E-state index contributed by atoms with van der Waals surface area (Å²) >= 11 is 12.2. The van der Waals surface area contributed by atoms with Crippen LogP contribution in [0.4, 0.5) is 0 Å². The van der Waals surface area contributed by atoms with Gasteiger partial charge in [-0.2, -0.15) is 0 Å². The number of hydrogen-bond acceptors (Lipinski definition) is 1. The predicted octanol–water partition coefficient (Wildman–Crippen LogP) is 5.69. The highest BCUT2D eigenvalue weighted by atomic mass is 35.5. The van der Waals surface area contributed by atoms with Crippen LogP contribution in [0, 0.1) is 5.41 Å². The number of unbranched alkanes of at least 4 members (excludes halogenated alkanes) is 2. The van der Waals surface area contributed by atoms with Gasteiger partial charge in [0.05, 0.1) is 10.0 Å². The van der Waals surface area contributed by atoms with Gasteiger partial charge in [0.25, 0.3) is 0 Å². The first-order chi connectivity index (χ1) is 8.96. The Morgan fingerprint density at radius 1 is 1.16 bits per heavy atom. The average Bonchev–Trinajstić information content (AvgIpc) is 2.34. The van der Waals surface area contributed by atoms with E-state index in [-0.39, 0.29) is 0 Å². The lowest BCUT2D eigenvalue weighted by atomic mass is 9.87. The van der Waals surface area contributed by atoms with Gasteiger partial charge in [0.2, 0.25) is 0 Å². The van der Waals surface area contributed by atoms with Crippen molar-refractivity contribution in [2.24, 2.45) is 5.41 Å². The van der Waals surface area contributed by atoms with Gasteiger partial charge < -0.3 is 5.32 Å². The Morgan fingerprint density at radius 2 is 1.89 bits per heavy atom. The molecule has 0 aliphatic heterocycles. The molecule has 0 aliphatic rings. The SMILES string of the molecule is CCCCCC(C)(C)CNCc1cccc(Cl)c1Cl. The maximum Gasteiger partial charge on any atom is 0.0637 e. The Bertz CT molecular complexity index is 388. The standard InChI is InChI=1S/C16H25Cl2N/c1-4-5-6-10-16(2,3)12-19-11-13-8-7-9-14(17)15(13)18/h7-9,19H,4-6,10-12H2,1-3H3. The third-order valence-electron chi connectivity index (χ3n) is 3.41. The van der Waals surface area contributed by atoms with Crippen LogP contribution < -0.4 is 5.32 Å². The minimum Gasteiger partial charge on any atom is -0.312 e. The Balaban J connectivity index is 2.38. The maximum atomic E-state index is 6.17. The molecule has 1 aromatic rings. The molecular weight excluding hydrogens is 277 g/mol. The molecule has 108 valence electrons. The van der Waals surface area contributed by atoms with Gasteiger partial charge in [0.15, 0.2) is 0 Å². The molecule has 19 heavy (non-hydrogen) atoms. The third kappa shape index (κ3) is 6.16. The van der Waals surface area contributed by atoms with E-state index in [9.17, 15) is 0 Å². The van der Waals surface area contributed by atoms with Crippen molar-refractivity contribution in [2.45, 2.75) is 53.0 Å². The zero-order valence-corrected chi connectivity index (χ0v) is 13.7. The molecule has 3 heteroatoms. The Hall–Kier alpha value is -0.240. The first-order valence-corrected chi connectivity index (χ1v) is 7.85. The van der Waals surface area contributed by atoms with E-state index in [1.165, 1.54) is 25.7 Å². The summed E-state index contributed by atoms with van der Waals surface area (Å²) in [6.07, 6.45) is 5.17. The predicted molar refractivity (Wildman–Crippen MR) is 86.1 cm³/mol. The lowest BCUT2D eigenvalue weighted by Crippen LogP contribution is -2.29. The summed E-state index contributed by atoms with van der Waals surface area (Å²) < 4.78 is 0. The first-order valence-electron chi connectivity index (χ1n) is 7.10. The van der Waals surface area contributed by atoms with Crippen molar-refractivity contribution in [3.05, 3.63) is 33.8 Å². The van der Waals surface area contributed by atoms with E-state index < -0.39 is 0 Å².